The van der Waals surface area contributed by atoms with Crippen LogP contribution in [0.2, 0.25) is 0 Å². The zero-order chi connectivity index (χ0) is 15.6. The molecule has 0 spiro atoms. The molecular formula is C16H13Br2NO3. The van der Waals surface area contributed by atoms with E-state index in [-0.39, 0.29) is 29.4 Å². The normalized spacial score (nSPS) is 22.9. The summed E-state index contributed by atoms with van der Waals surface area (Å²) in [5, 5.41) is 21.3. The molecule has 1 heterocycles. The third kappa shape index (κ3) is 1.90. The molecule has 0 amide bonds. The average molecular weight is 427 g/mol. The van der Waals surface area contributed by atoms with Crippen molar-refractivity contribution < 1.29 is 15.0 Å². The predicted octanol–water partition coefficient (Wildman–Crippen LogP) is 4.35. The first kappa shape index (κ1) is 14.3. The maximum atomic E-state index is 12.1. The lowest BCUT2D eigenvalue weighted by molar-refractivity contribution is -0.123. The monoisotopic (exact) mass is 425 g/mol. The minimum atomic E-state index is -0.275. The number of Topliss-reactive ketones (excluding diaryl/α,β-unsaturated/α-hetero) is 1. The molecule has 1 aromatic heterocycles. The van der Waals surface area contributed by atoms with Gasteiger partial charge in [0.25, 0.3) is 0 Å². The van der Waals surface area contributed by atoms with Gasteiger partial charge in [0, 0.05) is 32.4 Å². The van der Waals surface area contributed by atoms with Crippen molar-refractivity contribution in [2.24, 2.45) is 0 Å². The zero-order valence-corrected chi connectivity index (χ0v) is 14.7. The van der Waals surface area contributed by atoms with E-state index in [2.05, 4.69) is 31.9 Å². The predicted molar refractivity (Wildman–Crippen MR) is 88.8 cm³/mol. The Morgan fingerprint density at radius 3 is 2.27 bits per heavy atom. The fourth-order valence-corrected chi connectivity index (χ4v) is 5.08. The van der Waals surface area contributed by atoms with Gasteiger partial charge in [-0.1, -0.05) is 31.9 Å². The molecule has 2 aromatic rings. The number of halogens is 2. The van der Waals surface area contributed by atoms with Gasteiger partial charge in [-0.15, -0.1) is 0 Å². The Hall–Kier alpha value is -1.27. The van der Waals surface area contributed by atoms with Gasteiger partial charge in [0.2, 0.25) is 11.8 Å². The van der Waals surface area contributed by atoms with Gasteiger partial charge in [-0.3, -0.25) is 9.36 Å². The Morgan fingerprint density at radius 1 is 1.00 bits per heavy atom. The van der Waals surface area contributed by atoms with Gasteiger partial charge < -0.3 is 10.2 Å². The Kier molecular flexibility index (Phi) is 3.17. The van der Waals surface area contributed by atoms with Gasteiger partial charge in [0.15, 0.2) is 0 Å². The molecular weight excluding hydrogens is 414 g/mol. The minimum Gasteiger partial charge on any atom is -0.494 e. The van der Waals surface area contributed by atoms with E-state index in [9.17, 15) is 15.0 Å². The Balaban J connectivity index is 1.98. The van der Waals surface area contributed by atoms with E-state index >= 15 is 0 Å². The molecule has 1 saturated carbocycles. The summed E-state index contributed by atoms with van der Waals surface area (Å²) < 4.78 is 3.10. The lowest BCUT2D eigenvalue weighted by atomic mass is 9.67. The second-order valence-corrected chi connectivity index (χ2v) is 7.77. The summed E-state index contributed by atoms with van der Waals surface area (Å²) in [6.07, 6.45) is 2.12. The summed E-state index contributed by atoms with van der Waals surface area (Å²) in [5.74, 6) is -0.0374. The van der Waals surface area contributed by atoms with Crippen LogP contribution in [0.3, 0.4) is 0 Å². The lowest BCUT2D eigenvalue weighted by Gasteiger charge is -2.34. The van der Waals surface area contributed by atoms with Crippen LogP contribution in [-0.2, 0) is 4.79 Å². The molecule has 1 aromatic carbocycles. The molecule has 4 nitrogen and oxygen atoms in total. The van der Waals surface area contributed by atoms with E-state index in [0.29, 0.717) is 17.7 Å². The maximum Gasteiger partial charge on any atom is 0.202 e. The topological polar surface area (TPSA) is 62.5 Å². The van der Waals surface area contributed by atoms with Crippen LogP contribution in [0, 0.1) is 0 Å². The molecule has 1 fully saturated rings. The number of hydrogen-bond acceptors (Lipinski definition) is 3. The molecule has 0 saturated heterocycles. The van der Waals surface area contributed by atoms with Crippen molar-refractivity contribution in [1.82, 2.24) is 4.57 Å². The van der Waals surface area contributed by atoms with Crippen LogP contribution in [0.1, 0.15) is 42.2 Å². The van der Waals surface area contributed by atoms with Gasteiger partial charge >= 0.3 is 0 Å². The van der Waals surface area contributed by atoms with Gasteiger partial charge in [0.1, 0.15) is 5.78 Å². The Morgan fingerprint density at radius 2 is 1.64 bits per heavy atom. The summed E-state index contributed by atoms with van der Waals surface area (Å²) in [7, 11) is 0. The molecule has 22 heavy (non-hydrogen) atoms. The van der Waals surface area contributed by atoms with Crippen molar-refractivity contribution in [3.05, 3.63) is 38.3 Å². The third-order valence-corrected chi connectivity index (χ3v) is 5.61. The smallest absolute Gasteiger partial charge is 0.202 e. The highest BCUT2D eigenvalue weighted by Gasteiger charge is 2.45. The van der Waals surface area contributed by atoms with Crippen LogP contribution in [0.5, 0.6) is 11.8 Å². The Bertz CT molecular complexity index is 792. The maximum absolute atomic E-state index is 12.1. The molecule has 0 unspecified atom stereocenters. The lowest BCUT2D eigenvalue weighted by Crippen LogP contribution is -2.28. The molecule has 3 aliphatic carbocycles. The number of aromatic nitrogens is 1. The van der Waals surface area contributed by atoms with Gasteiger partial charge in [-0.2, -0.15) is 0 Å². The number of nitrogens with zero attached hydrogens (tertiary/aromatic N) is 1. The summed E-state index contributed by atoms with van der Waals surface area (Å²) >= 11 is 6.83. The van der Waals surface area contributed by atoms with Crippen LogP contribution >= 0.6 is 31.9 Å². The highest BCUT2D eigenvalue weighted by Crippen LogP contribution is 2.55. The van der Waals surface area contributed by atoms with Gasteiger partial charge in [-0.25, -0.2) is 0 Å². The fourth-order valence-electron chi connectivity index (χ4n) is 3.81. The van der Waals surface area contributed by atoms with Crippen LogP contribution in [0.25, 0.3) is 5.69 Å². The van der Waals surface area contributed by atoms with E-state index in [1.54, 1.807) is 0 Å². The fraction of sp³-hybridized carbons (Fsp3) is 0.312. The van der Waals surface area contributed by atoms with Crippen molar-refractivity contribution in [3.8, 4) is 17.4 Å². The average Bonchev–Trinajstić information content (AvgIpc) is 2.72. The molecule has 6 heteroatoms. The number of ketones is 1. The van der Waals surface area contributed by atoms with Crippen LogP contribution in [0.15, 0.2) is 27.1 Å². The quantitative estimate of drug-likeness (QED) is 0.712. The number of hydrogen-bond donors (Lipinski definition) is 2. The number of carbonyl (C=O) groups excluding carboxylic acids is 1. The number of fused-ring (bicyclic) bond motifs is 2. The molecule has 0 aliphatic heterocycles. The van der Waals surface area contributed by atoms with Crippen molar-refractivity contribution in [2.75, 3.05) is 0 Å². The van der Waals surface area contributed by atoms with E-state index in [4.69, 9.17) is 0 Å². The second-order valence-electron chi connectivity index (χ2n) is 5.93. The number of benzene rings is 1. The van der Waals surface area contributed by atoms with Crippen molar-refractivity contribution >= 4 is 37.6 Å². The van der Waals surface area contributed by atoms with E-state index in [1.807, 2.05) is 18.2 Å². The van der Waals surface area contributed by atoms with E-state index in [1.165, 1.54) is 4.57 Å². The number of carbonyl (C=O) groups is 1. The van der Waals surface area contributed by atoms with Crippen LogP contribution in [-0.4, -0.2) is 20.6 Å². The van der Waals surface area contributed by atoms with Gasteiger partial charge in [0.05, 0.1) is 5.69 Å². The van der Waals surface area contributed by atoms with E-state index < -0.39 is 0 Å². The van der Waals surface area contributed by atoms with Gasteiger partial charge in [-0.05, 0) is 37.0 Å². The standard InChI is InChI=1S/C16H13Br2NO3/c17-8-4-9(18)6-10(5-8)19-15(21)13-7-1-2-11(12(20)3-7)14(13)16(19)22/h4-7,11,21-22H,1-3H2/t7-,11+/m0/s1. The molecule has 114 valence electrons. The molecule has 0 radical (unpaired) electrons. The highest BCUT2D eigenvalue weighted by molar-refractivity contribution is 9.11. The SMILES string of the molecule is O=C1C[C@@H]2CC[C@H]1c1c2c(O)n(-c2cc(Br)cc(Br)c2)c1O. The molecule has 3 aliphatic rings. The first-order chi connectivity index (χ1) is 10.5. The van der Waals surface area contributed by atoms with E-state index in [0.717, 1.165) is 27.4 Å². The number of aromatic hydroxyl groups is 2. The molecule has 2 N–H and O–H groups in total. The number of rotatable bonds is 1. The van der Waals surface area contributed by atoms with Crippen molar-refractivity contribution in [1.29, 1.82) is 0 Å². The van der Waals surface area contributed by atoms with Crippen LogP contribution in [0.4, 0.5) is 0 Å². The second kappa shape index (κ2) is 4.86. The summed E-state index contributed by atoms with van der Waals surface area (Å²) in [6.45, 7) is 0. The summed E-state index contributed by atoms with van der Waals surface area (Å²) in [5.41, 5.74) is 2.03. The highest BCUT2D eigenvalue weighted by atomic mass is 79.9. The first-order valence-electron chi connectivity index (χ1n) is 7.13. The molecule has 2 atom stereocenters. The van der Waals surface area contributed by atoms with Crippen LogP contribution < -0.4 is 0 Å². The Labute approximate surface area is 144 Å². The summed E-state index contributed by atoms with van der Waals surface area (Å²) in [6, 6.07) is 5.52. The zero-order valence-electron chi connectivity index (χ0n) is 11.5. The minimum absolute atomic E-state index is 0.0137. The molecule has 2 bridgehead atoms. The molecule has 5 rings (SSSR count). The largest absolute Gasteiger partial charge is 0.494 e. The van der Waals surface area contributed by atoms with Crippen molar-refractivity contribution in [3.63, 3.8) is 0 Å². The first-order valence-corrected chi connectivity index (χ1v) is 8.71. The van der Waals surface area contributed by atoms with Crippen molar-refractivity contribution in [2.45, 2.75) is 31.1 Å². The third-order valence-electron chi connectivity index (χ3n) is 4.70. The summed E-state index contributed by atoms with van der Waals surface area (Å²) in [4.78, 5) is 12.1.